The van der Waals surface area contributed by atoms with E-state index in [0.29, 0.717) is 37.5 Å². The second kappa shape index (κ2) is 8.06. The molecule has 1 fully saturated rings. The summed E-state index contributed by atoms with van der Waals surface area (Å²) in [5.74, 6) is -1.19. The molecule has 0 bridgehead atoms. The molecule has 25 heavy (non-hydrogen) atoms. The highest BCUT2D eigenvalue weighted by Crippen LogP contribution is 2.30. The van der Waals surface area contributed by atoms with Crippen LogP contribution in [0.15, 0.2) is 18.2 Å². The summed E-state index contributed by atoms with van der Waals surface area (Å²) < 4.78 is 10.9. The number of benzene rings is 1. The number of carboxylic acids is 1. The van der Waals surface area contributed by atoms with E-state index in [1.807, 2.05) is 0 Å². The standard InChI is InChI=1S/C18H22ClNO5/c19-14-1-2-16-12(8-14)7-13(10-25-16)17(21)20-9-15(18(22)23)11-3-5-24-6-4-11/h1-2,8,11,13,15H,3-7,9-10H2,(H,20,21)(H,22,23). The predicted octanol–water partition coefficient (Wildman–Crippen LogP) is 2.13. The van der Waals surface area contributed by atoms with Crippen molar-refractivity contribution in [3.05, 3.63) is 28.8 Å². The minimum atomic E-state index is -0.871. The van der Waals surface area contributed by atoms with E-state index in [1.54, 1.807) is 18.2 Å². The first-order valence-corrected chi connectivity index (χ1v) is 8.92. The summed E-state index contributed by atoms with van der Waals surface area (Å²) in [5, 5.41) is 12.9. The zero-order valence-electron chi connectivity index (χ0n) is 13.9. The van der Waals surface area contributed by atoms with E-state index >= 15 is 0 Å². The highest BCUT2D eigenvalue weighted by atomic mass is 35.5. The van der Waals surface area contributed by atoms with Gasteiger partial charge in [0.25, 0.3) is 0 Å². The van der Waals surface area contributed by atoms with Crippen LogP contribution in [-0.2, 0) is 20.7 Å². The van der Waals surface area contributed by atoms with Gasteiger partial charge in [-0.15, -0.1) is 0 Å². The van der Waals surface area contributed by atoms with Crippen molar-refractivity contribution < 1.29 is 24.2 Å². The van der Waals surface area contributed by atoms with Crippen molar-refractivity contribution in [3.63, 3.8) is 0 Å². The summed E-state index contributed by atoms with van der Waals surface area (Å²) in [5.41, 5.74) is 0.901. The van der Waals surface area contributed by atoms with E-state index in [4.69, 9.17) is 21.1 Å². The number of ether oxygens (including phenoxy) is 2. The molecule has 0 aromatic heterocycles. The lowest BCUT2D eigenvalue weighted by Gasteiger charge is -2.29. The van der Waals surface area contributed by atoms with Crippen LogP contribution in [0.25, 0.3) is 0 Å². The van der Waals surface area contributed by atoms with Gasteiger partial charge in [0.05, 0.1) is 11.8 Å². The summed E-state index contributed by atoms with van der Waals surface area (Å²) in [4.78, 5) is 24.0. The van der Waals surface area contributed by atoms with Gasteiger partial charge in [-0.05, 0) is 48.9 Å². The molecule has 1 amide bonds. The van der Waals surface area contributed by atoms with Gasteiger partial charge in [0.2, 0.25) is 5.91 Å². The first-order chi connectivity index (χ1) is 12.0. The number of carboxylic acid groups (broad SMARTS) is 1. The van der Waals surface area contributed by atoms with E-state index in [9.17, 15) is 14.7 Å². The molecule has 2 heterocycles. The van der Waals surface area contributed by atoms with Crippen LogP contribution in [0, 0.1) is 17.8 Å². The Labute approximate surface area is 151 Å². The fourth-order valence-corrected chi connectivity index (χ4v) is 3.65. The third-order valence-corrected chi connectivity index (χ3v) is 5.18. The maximum Gasteiger partial charge on any atom is 0.308 e. The number of rotatable bonds is 5. The summed E-state index contributed by atoms with van der Waals surface area (Å²) in [6, 6.07) is 5.36. The van der Waals surface area contributed by atoms with Crippen molar-refractivity contribution in [1.29, 1.82) is 0 Å². The predicted molar refractivity (Wildman–Crippen MR) is 91.8 cm³/mol. The molecule has 1 aromatic carbocycles. The molecule has 3 rings (SSSR count). The largest absolute Gasteiger partial charge is 0.492 e. The lowest BCUT2D eigenvalue weighted by atomic mass is 9.85. The molecule has 136 valence electrons. The van der Waals surface area contributed by atoms with Gasteiger partial charge in [-0.3, -0.25) is 9.59 Å². The lowest BCUT2D eigenvalue weighted by molar-refractivity contribution is -0.145. The number of fused-ring (bicyclic) bond motifs is 1. The van der Waals surface area contributed by atoms with Gasteiger partial charge in [-0.2, -0.15) is 0 Å². The normalized spacial score (nSPS) is 21.7. The molecule has 2 atom stereocenters. The highest BCUT2D eigenvalue weighted by molar-refractivity contribution is 6.30. The second-order valence-electron chi connectivity index (χ2n) is 6.60. The van der Waals surface area contributed by atoms with Gasteiger partial charge in [0, 0.05) is 24.8 Å². The van der Waals surface area contributed by atoms with Crippen LogP contribution in [0.2, 0.25) is 5.02 Å². The van der Waals surface area contributed by atoms with E-state index in [1.165, 1.54) is 0 Å². The average Bonchev–Trinajstić information content (AvgIpc) is 2.61. The lowest BCUT2D eigenvalue weighted by Crippen LogP contribution is -2.43. The fourth-order valence-electron chi connectivity index (χ4n) is 3.46. The van der Waals surface area contributed by atoms with Crippen molar-refractivity contribution in [3.8, 4) is 5.75 Å². The Bertz CT molecular complexity index is 644. The van der Waals surface area contributed by atoms with Gasteiger partial charge in [-0.25, -0.2) is 0 Å². The van der Waals surface area contributed by atoms with Crippen LogP contribution in [0.3, 0.4) is 0 Å². The monoisotopic (exact) mass is 367 g/mol. The molecule has 6 nitrogen and oxygen atoms in total. The van der Waals surface area contributed by atoms with E-state index in [0.717, 1.165) is 11.3 Å². The van der Waals surface area contributed by atoms with Crippen molar-refractivity contribution in [2.24, 2.45) is 17.8 Å². The van der Waals surface area contributed by atoms with E-state index in [2.05, 4.69) is 5.32 Å². The molecule has 1 saturated heterocycles. The molecule has 7 heteroatoms. The number of hydrogen-bond acceptors (Lipinski definition) is 4. The van der Waals surface area contributed by atoms with Crippen molar-refractivity contribution in [2.45, 2.75) is 19.3 Å². The molecule has 0 aliphatic carbocycles. The third kappa shape index (κ3) is 4.44. The van der Waals surface area contributed by atoms with Crippen LogP contribution < -0.4 is 10.1 Å². The Morgan fingerprint density at radius 2 is 2.08 bits per heavy atom. The number of amides is 1. The molecule has 0 spiro atoms. The van der Waals surface area contributed by atoms with Crippen LogP contribution in [-0.4, -0.2) is 43.3 Å². The molecule has 2 unspecified atom stereocenters. The number of carbonyl (C=O) groups is 2. The van der Waals surface area contributed by atoms with Gasteiger partial charge in [0.1, 0.15) is 12.4 Å². The maximum absolute atomic E-state index is 12.5. The van der Waals surface area contributed by atoms with Crippen LogP contribution in [0.1, 0.15) is 18.4 Å². The minimum absolute atomic E-state index is 0.0358. The molecule has 0 saturated carbocycles. The first kappa shape index (κ1) is 18.0. The van der Waals surface area contributed by atoms with Gasteiger partial charge in [0.15, 0.2) is 0 Å². The van der Waals surface area contributed by atoms with Crippen molar-refractivity contribution in [2.75, 3.05) is 26.4 Å². The Morgan fingerprint density at radius 3 is 2.80 bits per heavy atom. The minimum Gasteiger partial charge on any atom is -0.492 e. The van der Waals surface area contributed by atoms with Gasteiger partial charge in [-0.1, -0.05) is 11.6 Å². The summed E-state index contributed by atoms with van der Waals surface area (Å²) in [7, 11) is 0. The van der Waals surface area contributed by atoms with Crippen molar-refractivity contribution in [1.82, 2.24) is 5.32 Å². The van der Waals surface area contributed by atoms with E-state index in [-0.39, 0.29) is 30.9 Å². The van der Waals surface area contributed by atoms with Crippen LogP contribution in [0.5, 0.6) is 5.75 Å². The number of carbonyl (C=O) groups excluding carboxylic acids is 1. The summed E-state index contributed by atoms with van der Waals surface area (Å²) >= 11 is 6.00. The number of nitrogens with one attached hydrogen (secondary N) is 1. The van der Waals surface area contributed by atoms with Crippen LogP contribution >= 0.6 is 11.6 Å². The highest BCUT2D eigenvalue weighted by Gasteiger charge is 2.32. The van der Waals surface area contributed by atoms with E-state index < -0.39 is 11.9 Å². The topological polar surface area (TPSA) is 84.9 Å². The Hall–Kier alpha value is -1.79. The molecule has 0 radical (unpaired) electrons. The molecule has 2 aliphatic heterocycles. The molecule has 2 aliphatic rings. The maximum atomic E-state index is 12.5. The zero-order valence-corrected chi connectivity index (χ0v) is 14.6. The van der Waals surface area contributed by atoms with Gasteiger partial charge >= 0.3 is 5.97 Å². The first-order valence-electron chi connectivity index (χ1n) is 8.54. The molecular weight excluding hydrogens is 346 g/mol. The SMILES string of the molecule is O=C(NCC(C(=O)O)C1CCOCC1)C1COc2ccc(Cl)cc2C1. The smallest absolute Gasteiger partial charge is 0.308 e. The molecule has 2 N–H and O–H groups in total. The Kier molecular flexibility index (Phi) is 5.81. The number of halogens is 1. The summed E-state index contributed by atoms with van der Waals surface area (Å²) in [6.45, 7) is 1.58. The zero-order chi connectivity index (χ0) is 17.8. The fraction of sp³-hybridized carbons (Fsp3) is 0.556. The molecule has 1 aromatic rings. The molecular formula is C18H22ClNO5. The quantitative estimate of drug-likeness (QED) is 0.832. The Balaban J connectivity index is 1.57. The summed E-state index contributed by atoms with van der Waals surface area (Å²) in [6.07, 6.45) is 1.97. The number of hydrogen-bond donors (Lipinski definition) is 2. The Morgan fingerprint density at radius 1 is 1.32 bits per heavy atom. The van der Waals surface area contributed by atoms with Crippen LogP contribution in [0.4, 0.5) is 0 Å². The van der Waals surface area contributed by atoms with Crippen molar-refractivity contribution >= 4 is 23.5 Å². The third-order valence-electron chi connectivity index (χ3n) is 4.95. The number of aliphatic carboxylic acids is 1. The van der Waals surface area contributed by atoms with Gasteiger partial charge < -0.3 is 19.9 Å². The second-order valence-corrected chi connectivity index (χ2v) is 7.04. The average molecular weight is 368 g/mol.